The lowest BCUT2D eigenvalue weighted by Crippen LogP contribution is -2.08. The molecule has 2 aromatic carbocycles. The van der Waals surface area contributed by atoms with Gasteiger partial charge in [-0.15, -0.1) is 0 Å². The van der Waals surface area contributed by atoms with Gasteiger partial charge in [0.1, 0.15) is 12.4 Å². The molecule has 126 valence electrons. The molecule has 1 atom stereocenters. The molecule has 24 heavy (non-hydrogen) atoms. The molecule has 2 rings (SSSR count). The summed E-state index contributed by atoms with van der Waals surface area (Å²) >= 11 is 0. The van der Waals surface area contributed by atoms with Crippen molar-refractivity contribution in [3.63, 3.8) is 0 Å². The number of carbonyl (C=O) groups is 1. The third-order valence-electron chi connectivity index (χ3n) is 3.20. The number of carbonyl (C=O) groups excluding carboxylic acids is 1. The molecule has 0 saturated carbocycles. The highest BCUT2D eigenvalue weighted by Gasteiger charge is 2.19. The van der Waals surface area contributed by atoms with Crippen LogP contribution in [0.2, 0.25) is 0 Å². The van der Waals surface area contributed by atoms with Crippen LogP contribution in [0.1, 0.15) is 11.1 Å². The van der Waals surface area contributed by atoms with Gasteiger partial charge in [-0.05, 0) is 23.3 Å². The Kier molecular flexibility index (Phi) is 6.36. The predicted octanol–water partition coefficient (Wildman–Crippen LogP) is 4.33. The molecule has 5 nitrogen and oxygen atoms in total. The number of esters is 1. The highest BCUT2D eigenvalue weighted by molar-refractivity contribution is 7.57. The topological polar surface area (TPSA) is 61.8 Å². The fourth-order valence-corrected chi connectivity index (χ4v) is 2.67. The Morgan fingerprint density at radius 1 is 1.12 bits per heavy atom. The first-order valence-electron chi connectivity index (χ1n) is 7.32. The minimum Gasteiger partial charge on any atom is -0.461 e. The summed E-state index contributed by atoms with van der Waals surface area (Å²) in [6.07, 6.45) is 0.0927. The van der Waals surface area contributed by atoms with E-state index >= 15 is 0 Å². The molecule has 0 saturated heterocycles. The van der Waals surface area contributed by atoms with Gasteiger partial charge in [-0.1, -0.05) is 49.0 Å². The third-order valence-corrected chi connectivity index (χ3v) is 4.62. The fraction of sp³-hybridized carbons (Fsp3) is 0.167. The maximum absolute atomic E-state index is 12.1. The Morgan fingerprint density at radius 2 is 1.83 bits per heavy atom. The van der Waals surface area contributed by atoms with Crippen molar-refractivity contribution in [2.75, 3.05) is 7.11 Å². The van der Waals surface area contributed by atoms with Gasteiger partial charge in [0.2, 0.25) is 0 Å². The quantitative estimate of drug-likeness (QED) is 0.526. The second-order valence-electron chi connectivity index (χ2n) is 4.97. The second-order valence-corrected chi connectivity index (χ2v) is 6.96. The highest BCUT2D eigenvalue weighted by atomic mass is 31.2. The number of rotatable bonds is 8. The van der Waals surface area contributed by atoms with Gasteiger partial charge in [0.15, 0.2) is 0 Å². The standard InChI is InChI=1S/C18H19O5P/c1-3-24(20,21-2)23-17-11-7-10-16(12-17)13-18(19)22-14-15-8-5-4-6-9-15/h3-12H,1,13-14H2,2H3. The zero-order valence-electron chi connectivity index (χ0n) is 13.4. The van der Waals surface area contributed by atoms with Gasteiger partial charge in [0.05, 0.1) is 6.42 Å². The summed E-state index contributed by atoms with van der Waals surface area (Å²) in [5.41, 5.74) is 1.62. The second kappa shape index (κ2) is 8.48. The summed E-state index contributed by atoms with van der Waals surface area (Å²) < 4.78 is 27.4. The molecule has 2 aromatic rings. The molecule has 0 heterocycles. The number of ether oxygens (including phenoxy) is 1. The van der Waals surface area contributed by atoms with Crippen LogP contribution in [0, 0.1) is 0 Å². The van der Waals surface area contributed by atoms with Crippen LogP contribution in [0.15, 0.2) is 67.0 Å². The predicted molar refractivity (Wildman–Crippen MR) is 91.8 cm³/mol. The lowest BCUT2D eigenvalue weighted by atomic mass is 10.1. The number of benzene rings is 2. The maximum atomic E-state index is 12.1. The summed E-state index contributed by atoms with van der Waals surface area (Å²) in [5.74, 6) is 1.12. The van der Waals surface area contributed by atoms with E-state index in [0.29, 0.717) is 11.3 Å². The van der Waals surface area contributed by atoms with Crippen molar-refractivity contribution in [1.29, 1.82) is 0 Å². The van der Waals surface area contributed by atoms with Gasteiger partial charge in [-0.3, -0.25) is 4.79 Å². The van der Waals surface area contributed by atoms with Gasteiger partial charge >= 0.3 is 13.6 Å². The van der Waals surface area contributed by atoms with Gasteiger partial charge < -0.3 is 13.8 Å². The van der Waals surface area contributed by atoms with E-state index in [-0.39, 0.29) is 19.0 Å². The highest BCUT2D eigenvalue weighted by Crippen LogP contribution is 2.48. The molecular weight excluding hydrogens is 327 g/mol. The molecular formula is C18H19O5P. The van der Waals surface area contributed by atoms with Crippen molar-refractivity contribution in [3.05, 3.63) is 78.1 Å². The molecule has 0 aliphatic carbocycles. The Hall–Kier alpha value is -2.36. The van der Waals surface area contributed by atoms with Crippen LogP contribution in [0.5, 0.6) is 5.75 Å². The molecule has 0 bridgehead atoms. The lowest BCUT2D eigenvalue weighted by Gasteiger charge is -2.13. The third kappa shape index (κ3) is 5.37. The molecule has 0 aliphatic heterocycles. The SMILES string of the molecule is C=CP(=O)(OC)Oc1cccc(CC(=O)OCc2ccccc2)c1. The molecule has 0 fully saturated rings. The minimum absolute atomic E-state index is 0.0927. The largest absolute Gasteiger partial charge is 0.461 e. The number of hydrogen-bond acceptors (Lipinski definition) is 5. The van der Waals surface area contributed by atoms with Crippen LogP contribution < -0.4 is 4.52 Å². The average Bonchev–Trinajstić information content (AvgIpc) is 2.61. The molecule has 6 heteroatoms. The molecule has 0 aromatic heterocycles. The van der Waals surface area contributed by atoms with Gasteiger partial charge in [0.25, 0.3) is 0 Å². The lowest BCUT2D eigenvalue weighted by molar-refractivity contribution is -0.144. The van der Waals surface area contributed by atoms with Crippen LogP contribution in [0.25, 0.3) is 0 Å². The first kappa shape index (κ1) is 18.0. The van der Waals surface area contributed by atoms with E-state index in [0.717, 1.165) is 11.4 Å². The van der Waals surface area contributed by atoms with Crippen molar-refractivity contribution in [3.8, 4) is 5.75 Å². The summed E-state index contributed by atoms with van der Waals surface area (Å²) in [6, 6.07) is 16.2. The molecule has 0 spiro atoms. The van der Waals surface area contributed by atoms with Gasteiger partial charge in [-0.25, -0.2) is 4.57 Å². The van der Waals surface area contributed by atoms with Gasteiger partial charge in [0, 0.05) is 12.9 Å². The molecule has 0 amide bonds. The van der Waals surface area contributed by atoms with Crippen molar-refractivity contribution < 1.29 is 23.1 Å². The van der Waals surface area contributed by atoms with Crippen molar-refractivity contribution >= 4 is 13.6 Å². The average molecular weight is 346 g/mol. The summed E-state index contributed by atoms with van der Waals surface area (Å²) in [6.45, 7) is 3.66. The van der Waals surface area contributed by atoms with E-state index < -0.39 is 7.60 Å². The van der Waals surface area contributed by atoms with Gasteiger partial charge in [-0.2, -0.15) is 0 Å². The van der Waals surface area contributed by atoms with E-state index in [4.69, 9.17) is 13.8 Å². The first-order valence-corrected chi connectivity index (χ1v) is 8.93. The summed E-state index contributed by atoms with van der Waals surface area (Å²) in [4.78, 5) is 11.9. The molecule has 0 radical (unpaired) electrons. The Morgan fingerprint density at radius 3 is 2.50 bits per heavy atom. The fourth-order valence-electron chi connectivity index (χ4n) is 1.96. The minimum atomic E-state index is -3.36. The van der Waals surface area contributed by atoms with E-state index in [2.05, 4.69) is 6.58 Å². The first-order chi connectivity index (χ1) is 11.5. The molecule has 0 N–H and O–H groups in total. The zero-order valence-corrected chi connectivity index (χ0v) is 14.3. The zero-order chi connectivity index (χ0) is 17.4. The normalized spacial score (nSPS) is 12.9. The number of hydrogen-bond donors (Lipinski definition) is 0. The van der Waals surface area contributed by atoms with Crippen LogP contribution in [-0.4, -0.2) is 13.1 Å². The van der Waals surface area contributed by atoms with Crippen molar-refractivity contribution in [2.24, 2.45) is 0 Å². The van der Waals surface area contributed by atoms with E-state index in [9.17, 15) is 9.36 Å². The van der Waals surface area contributed by atoms with Crippen LogP contribution in [0.4, 0.5) is 0 Å². The summed E-state index contributed by atoms with van der Waals surface area (Å²) in [5, 5.41) is 0. The Balaban J connectivity index is 1.95. The Labute approximate surface area is 141 Å². The Bertz CT molecular complexity index is 742. The smallest absolute Gasteiger partial charge is 0.402 e. The summed E-state index contributed by atoms with van der Waals surface area (Å²) in [7, 11) is -2.08. The molecule has 0 aliphatic rings. The van der Waals surface area contributed by atoms with Crippen molar-refractivity contribution in [2.45, 2.75) is 13.0 Å². The van der Waals surface area contributed by atoms with E-state index in [1.807, 2.05) is 30.3 Å². The van der Waals surface area contributed by atoms with Crippen LogP contribution >= 0.6 is 7.60 Å². The van der Waals surface area contributed by atoms with Crippen molar-refractivity contribution in [1.82, 2.24) is 0 Å². The van der Waals surface area contributed by atoms with Crippen LogP contribution in [-0.2, 0) is 31.6 Å². The van der Waals surface area contributed by atoms with E-state index in [1.54, 1.807) is 24.3 Å². The molecule has 1 unspecified atom stereocenters. The van der Waals surface area contributed by atoms with E-state index in [1.165, 1.54) is 7.11 Å². The maximum Gasteiger partial charge on any atom is 0.402 e. The monoisotopic (exact) mass is 346 g/mol. The van der Waals surface area contributed by atoms with Crippen LogP contribution in [0.3, 0.4) is 0 Å².